The Morgan fingerprint density at radius 3 is 2.61 bits per heavy atom. The van der Waals surface area contributed by atoms with Crippen LogP contribution in [0, 0.1) is 20.8 Å². The minimum Gasteiger partial charge on any atom is -0.385 e. The van der Waals surface area contributed by atoms with Gasteiger partial charge >= 0.3 is 0 Å². The van der Waals surface area contributed by atoms with E-state index in [0.29, 0.717) is 6.61 Å². The Morgan fingerprint density at radius 2 is 1.90 bits per heavy atom. The molecule has 0 spiro atoms. The molecule has 0 bridgehead atoms. The van der Waals surface area contributed by atoms with Crippen LogP contribution in [0.3, 0.4) is 0 Å². The van der Waals surface area contributed by atoms with Gasteiger partial charge in [-0.25, -0.2) is 4.98 Å². The topological polar surface area (TPSA) is 55.2 Å². The van der Waals surface area contributed by atoms with Crippen LogP contribution in [0.25, 0.3) is 5.82 Å². The average Bonchev–Trinajstić information content (AvgIpc) is 3.25. The molecule has 4 heterocycles. The average molecular weight is 436 g/mol. The molecule has 31 heavy (non-hydrogen) atoms. The molecule has 4 rings (SSSR count). The quantitative estimate of drug-likeness (QED) is 0.443. The molecule has 1 aliphatic rings. The third-order valence-electron chi connectivity index (χ3n) is 5.93. The van der Waals surface area contributed by atoms with E-state index in [4.69, 9.17) is 17.0 Å². The van der Waals surface area contributed by atoms with E-state index in [0.717, 1.165) is 40.8 Å². The maximum atomic E-state index is 5.77. The summed E-state index contributed by atoms with van der Waals surface area (Å²) < 4.78 is 7.54. The van der Waals surface area contributed by atoms with Gasteiger partial charge in [-0.15, -0.1) is 0 Å². The molecule has 1 N–H and O–H groups in total. The number of nitrogens with zero attached hydrogens (tertiary/aromatic N) is 4. The van der Waals surface area contributed by atoms with Crippen LogP contribution < -0.4 is 5.32 Å². The van der Waals surface area contributed by atoms with Gasteiger partial charge < -0.3 is 19.5 Å². The summed E-state index contributed by atoms with van der Waals surface area (Å²) in [5.41, 5.74) is 5.71. The van der Waals surface area contributed by atoms with E-state index in [1.807, 2.05) is 30.6 Å². The van der Waals surface area contributed by atoms with Crippen molar-refractivity contribution in [3.63, 3.8) is 0 Å². The molecular weight excluding hydrogens is 406 g/mol. The van der Waals surface area contributed by atoms with Crippen molar-refractivity contribution in [2.24, 2.45) is 0 Å². The number of hydrogen-bond donors (Lipinski definition) is 1. The van der Waals surface area contributed by atoms with Gasteiger partial charge in [0, 0.05) is 44.0 Å². The minimum absolute atomic E-state index is 0.0185. The summed E-state index contributed by atoms with van der Waals surface area (Å²) in [6.45, 7) is 7.92. The van der Waals surface area contributed by atoms with Crippen molar-refractivity contribution < 1.29 is 4.74 Å². The predicted molar refractivity (Wildman–Crippen MR) is 126 cm³/mol. The van der Waals surface area contributed by atoms with E-state index in [2.05, 4.69) is 63.7 Å². The maximum absolute atomic E-state index is 5.77. The summed E-state index contributed by atoms with van der Waals surface area (Å²) in [5.74, 6) is 0.970. The van der Waals surface area contributed by atoms with Crippen molar-refractivity contribution in [3.8, 4) is 5.82 Å². The third kappa shape index (κ3) is 4.07. The van der Waals surface area contributed by atoms with E-state index in [1.165, 1.54) is 11.3 Å². The first-order chi connectivity index (χ1) is 15.0. The van der Waals surface area contributed by atoms with Crippen molar-refractivity contribution in [2.75, 3.05) is 20.3 Å². The van der Waals surface area contributed by atoms with Gasteiger partial charge in [-0.3, -0.25) is 4.98 Å². The lowest BCUT2D eigenvalue weighted by molar-refractivity contribution is 0.180. The van der Waals surface area contributed by atoms with E-state index in [-0.39, 0.29) is 12.1 Å². The summed E-state index contributed by atoms with van der Waals surface area (Å²) in [6.07, 6.45) is 4.59. The smallest absolute Gasteiger partial charge is 0.170 e. The van der Waals surface area contributed by atoms with Crippen molar-refractivity contribution in [2.45, 2.75) is 39.3 Å². The fourth-order valence-electron chi connectivity index (χ4n) is 4.49. The molecule has 0 aromatic carbocycles. The Balaban J connectivity index is 1.80. The molecule has 1 fully saturated rings. The normalized spacial score (nSPS) is 18.5. The van der Waals surface area contributed by atoms with Crippen LogP contribution in [0.5, 0.6) is 0 Å². The van der Waals surface area contributed by atoms with Crippen LogP contribution in [0.1, 0.15) is 46.7 Å². The molecule has 1 aliphatic heterocycles. The highest BCUT2D eigenvalue weighted by Crippen LogP contribution is 2.41. The Hall–Kier alpha value is -2.77. The molecule has 0 radical (unpaired) electrons. The van der Waals surface area contributed by atoms with Crippen molar-refractivity contribution >= 4 is 17.3 Å². The molecule has 3 aromatic rings. The SMILES string of the molecule is COCCCN1C(=S)NC(c2ccccn2)C1c1cc(C)n(-c2ncccc2C)c1C. The van der Waals surface area contributed by atoms with Crippen LogP contribution in [-0.4, -0.2) is 44.8 Å². The van der Waals surface area contributed by atoms with Gasteiger partial charge in [0.1, 0.15) is 5.82 Å². The molecule has 2 unspecified atom stereocenters. The highest BCUT2D eigenvalue weighted by molar-refractivity contribution is 7.80. The molecule has 3 aromatic heterocycles. The van der Waals surface area contributed by atoms with Crippen LogP contribution in [0.2, 0.25) is 0 Å². The van der Waals surface area contributed by atoms with Crippen LogP contribution in [0.15, 0.2) is 48.8 Å². The summed E-state index contributed by atoms with van der Waals surface area (Å²) in [4.78, 5) is 11.6. The zero-order valence-electron chi connectivity index (χ0n) is 18.5. The van der Waals surface area contributed by atoms with E-state index in [1.54, 1.807) is 7.11 Å². The van der Waals surface area contributed by atoms with Crippen molar-refractivity contribution in [1.29, 1.82) is 0 Å². The summed E-state index contributed by atoms with van der Waals surface area (Å²) in [6, 6.07) is 12.4. The van der Waals surface area contributed by atoms with Crippen LogP contribution in [-0.2, 0) is 4.74 Å². The molecule has 0 amide bonds. The highest BCUT2D eigenvalue weighted by atomic mass is 32.1. The number of aromatic nitrogens is 3. The number of aryl methyl sites for hydroxylation is 2. The molecule has 2 atom stereocenters. The second-order valence-electron chi connectivity index (χ2n) is 7.97. The lowest BCUT2D eigenvalue weighted by Gasteiger charge is -2.28. The Labute approximate surface area is 189 Å². The number of rotatable bonds is 7. The fourth-order valence-corrected chi connectivity index (χ4v) is 4.82. The molecule has 162 valence electrons. The zero-order valence-corrected chi connectivity index (χ0v) is 19.3. The predicted octanol–water partition coefficient (Wildman–Crippen LogP) is 4.20. The second kappa shape index (κ2) is 9.16. The number of thiocarbonyl (C=S) groups is 1. The number of pyridine rings is 2. The van der Waals surface area contributed by atoms with Gasteiger partial charge in [0.25, 0.3) is 0 Å². The number of ether oxygens (including phenoxy) is 1. The van der Waals surface area contributed by atoms with Gasteiger partial charge in [-0.05, 0) is 74.8 Å². The Kier molecular flexibility index (Phi) is 6.34. The largest absolute Gasteiger partial charge is 0.385 e. The van der Waals surface area contributed by atoms with Gasteiger partial charge in [0.2, 0.25) is 0 Å². The summed E-state index contributed by atoms with van der Waals surface area (Å²) in [7, 11) is 1.73. The fraction of sp³-hybridized carbons (Fsp3) is 0.375. The molecule has 1 saturated heterocycles. The summed E-state index contributed by atoms with van der Waals surface area (Å²) >= 11 is 5.77. The molecule has 7 heteroatoms. The van der Waals surface area contributed by atoms with E-state index < -0.39 is 0 Å². The lowest BCUT2D eigenvalue weighted by atomic mass is 9.96. The van der Waals surface area contributed by atoms with Crippen LogP contribution in [0.4, 0.5) is 0 Å². The van der Waals surface area contributed by atoms with Gasteiger partial charge in [0.15, 0.2) is 5.11 Å². The van der Waals surface area contributed by atoms with Crippen molar-refractivity contribution in [1.82, 2.24) is 24.8 Å². The Bertz CT molecular complexity index is 1070. The standard InChI is InChI=1S/C24H29N5OS/c1-16-9-7-12-26-23(16)29-17(2)15-19(18(29)3)22-21(20-10-5-6-11-25-20)27-24(31)28(22)13-8-14-30-4/h5-7,9-12,15,21-22H,8,13-14H2,1-4H3,(H,27,31). The molecular formula is C24H29N5OS. The number of nitrogens with one attached hydrogen (secondary N) is 1. The first-order valence-electron chi connectivity index (χ1n) is 10.6. The Morgan fingerprint density at radius 1 is 1.10 bits per heavy atom. The highest BCUT2D eigenvalue weighted by Gasteiger charge is 2.41. The molecule has 6 nitrogen and oxygen atoms in total. The van der Waals surface area contributed by atoms with Gasteiger partial charge in [0.05, 0.1) is 17.8 Å². The van der Waals surface area contributed by atoms with Crippen LogP contribution >= 0.6 is 12.2 Å². The monoisotopic (exact) mass is 435 g/mol. The number of methoxy groups -OCH3 is 1. The van der Waals surface area contributed by atoms with Gasteiger partial charge in [-0.1, -0.05) is 12.1 Å². The second-order valence-corrected chi connectivity index (χ2v) is 8.36. The van der Waals surface area contributed by atoms with Crippen molar-refractivity contribution in [3.05, 3.63) is 77.0 Å². The maximum Gasteiger partial charge on any atom is 0.170 e. The lowest BCUT2D eigenvalue weighted by Crippen LogP contribution is -2.31. The zero-order chi connectivity index (χ0) is 22.0. The number of hydrogen-bond acceptors (Lipinski definition) is 4. The van der Waals surface area contributed by atoms with E-state index in [9.17, 15) is 0 Å². The summed E-state index contributed by atoms with van der Waals surface area (Å²) in [5, 5.41) is 4.29. The molecule has 0 aliphatic carbocycles. The first-order valence-corrected chi connectivity index (χ1v) is 11.0. The first kappa shape index (κ1) is 21.5. The van der Waals surface area contributed by atoms with Gasteiger partial charge in [-0.2, -0.15) is 0 Å². The third-order valence-corrected chi connectivity index (χ3v) is 6.28. The van der Waals surface area contributed by atoms with E-state index >= 15 is 0 Å². The molecule has 0 saturated carbocycles. The minimum atomic E-state index is -0.0185.